The zero-order valence-corrected chi connectivity index (χ0v) is 7.00. The highest BCUT2D eigenvalue weighted by atomic mass is 15.5. The van der Waals surface area contributed by atoms with Crippen LogP contribution in [0, 0.1) is 0 Å². The summed E-state index contributed by atoms with van der Waals surface area (Å²) in [5, 5.41) is 5.92. The van der Waals surface area contributed by atoms with Crippen molar-refractivity contribution >= 4 is 19.3 Å². The molecule has 11 heavy (non-hydrogen) atoms. The molecule has 5 heteroatoms. The van der Waals surface area contributed by atoms with Crippen LogP contribution in [-0.2, 0) is 7.05 Å². The normalized spacial score (nSPS) is 10.1. The van der Waals surface area contributed by atoms with Crippen molar-refractivity contribution in [3.63, 3.8) is 0 Å². The second-order valence-corrected chi connectivity index (χ2v) is 2.33. The van der Waals surface area contributed by atoms with Gasteiger partial charge in [0.15, 0.2) is 5.82 Å². The molecule has 58 valence electrons. The number of hydrogen-bond acceptors (Lipinski definition) is 3. The van der Waals surface area contributed by atoms with E-state index in [1.165, 1.54) is 0 Å². The predicted molar refractivity (Wildman–Crippen MR) is 46.1 cm³/mol. The Hall–Kier alpha value is -0.965. The zero-order chi connectivity index (χ0) is 8.43. The standard InChI is InChI=1S/C6H11BN4/c1-8-11(3)6-4-5(7)10(2)9-6/h4,8H,1-3H3. The Bertz CT molecular complexity index is 225. The van der Waals surface area contributed by atoms with E-state index in [9.17, 15) is 0 Å². The number of hydrazine groups is 1. The molecule has 0 bridgehead atoms. The molecule has 0 saturated carbocycles. The van der Waals surface area contributed by atoms with Crippen molar-refractivity contribution in [1.29, 1.82) is 0 Å². The summed E-state index contributed by atoms with van der Waals surface area (Å²) in [4.78, 5) is 0. The fourth-order valence-corrected chi connectivity index (χ4v) is 0.744. The first-order chi connectivity index (χ1) is 5.15. The molecular weight excluding hydrogens is 139 g/mol. The van der Waals surface area contributed by atoms with Crippen molar-refractivity contribution in [2.75, 3.05) is 19.1 Å². The van der Waals surface area contributed by atoms with E-state index in [4.69, 9.17) is 7.85 Å². The van der Waals surface area contributed by atoms with E-state index in [2.05, 4.69) is 10.5 Å². The Balaban J connectivity index is 2.88. The Morgan fingerprint density at radius 1 is 1.73 bits per heavy atom. The molecule has 2 radical (unpaired) electrons. The van der Waals surface area contributed by atoms with Gasteiger partial charge in [0.25, 0.3) is 0 Å². The van der Waals surface area contributed by atoms with Gasteiger partial charge in [-0.1, -0.05) is 0 Å². The highest BCUT2D eigenvalue weighted by Crippen LogP contribution is 2.01. The number of rotatable bonds is 2. The molecule has 1 rings (SSSR count). The second-order valence-electron chi connectivity index (χ2n) is 2.33. The highest BCUT2D eigenvalue weighted by Gasteiger charge is 2.02. The van der Waals surface area contributed by atoms with Gasteiger partial charge in [-0.15, -0.1) is 0 Å². The van der Waals surface area contributed by atoms with Gasteiger partial charge in [-0.25, -0.2) is 5.43 Å². The van der Waals surface area contributed by atoms with Crippen LogP contribution in [0.1, 0.15) is 0 Å². The molecule has 1 N–H and O–H groups in total. The first kappa shape index (κ1) is 8.13. The van der Waals surface area contributed by atoms with E-state index in [0.717, 1.165) is 5.82 Å². The lowest BCUT2D eigenvalue weighted by molar-refractivity contribution is 0.731. The van der Waals surface area contributed by atoms with Crippen molar-refractivity contribution in [2.45, 2.75) is 0 Å². The van der Waals surface area contributed by atoms with Gasteiger partial charge in [-0.05, 0) is 11.7 Å². The lowest BCUT2D eigenvalue weighted by Crippen LogP contribution is -2.30. The quantitative estimate of drug-likeness (QED) is 0.424. The van der Waals surface area contributed by atoms with Gasteiger partial charge < -0.3 is 0 Å². The lowest BCUT2D eigenvalue weighted by Gasteiger charge is -2.12. The summed E-state index contributed by atoms with van der Waals surface area (Å²) in [6.45, 7) is 0. The molecule has 1 heterocycles. The van der Waals surface area contributed by atoms with Gasteiger partial charge in [0.05, 0.1) is 0 Å². The largest absolute Gasteiger partial charge is 0.294 e. The van der Waals surface area contributed by atoms with Gasteiger partial charge in [0, 0.05) is 21.1 Å². The predicted octanol–water partition coefficient (Wildman–Crippen LogP) is -1.22. The average molecular weight is 150 g/mol. The van der Waals surface area contributed by atoms with E-state index < -0.39 is 0 Å². The summed E-state index contributed by atoms with van der Waals surface area (Å²) < 4.78 is 1.63. The van der Waals surface area contributed by atoms with Crippen molar-refractivity contribution < 1.29 is 0 Å². The first-order valence-corrected chi connectivity index (χ1v) is 3.35. The van der Waals surface area contributed by atoms with Crippen molar-refractivity contribution in [1.82, 2.24) is 15.2 Å². The van der Waals surface area contributed by atoms with Crippen LogP contribution in [0.3, 0.4) is 0 Å². The number of anilines is 1. The molecule has 0 saturated heterocycles. The zero-order valence-electron chi connectivity index (χ0n) is 7.00. The molecule has 0 aliphatic carbocycles. The van der Waals surface area contributed by atoms with Gasteiger partial charge >= 0.3 is 0 Å². The fraction of sp³-hybridized carbons (Fsp3) is 0.500. The van der Waals surface area contributed by atoms with E-state index in [1.807, 2.05) is 21.1 Å². The summed E-state index contributed by atoms with van der Waals surface area (Å²) in [6, 6.07) is 1.80. The Morgan fingerprint density at radius 2 is 2.36 bits per heavy atom. The SMILES string of the molecule is [B]c1cc(N(C)NC)nn1C. The average Bonchev–Trinajstić information content (AvgIpc) is 2.31. The molecule has 1 aromatic heterocycles. The molecule has 1 aromatic rings. The first-order valence-electron chi connectivity index (χ1n) is 3.35. The summed E-state index contributed by atoms with van der Waals surface area (Å²) in [5.41, 5.74) is 3.58. The third kappa shape index (κ3) is 1.54. The van der Waals surface area contributed by atoms with E-state index >= 15 is 0 Å². The summed E-state index contributed by atoms with van der Waals surface area (Å²) in [5.74, 6) is 0.813. The minimum absolute atomic E-state index is 0.655. The lowest BCUT2D eigenvalue weighted by atomic mass is 10.1. The fourth-order valence-electron chi connectivity index (χ4n) is 0.744. The molecule has 0 atom stereocenters. The maximum Gasteiger partial charge on any atom is 0.163 e. The molecule has 0 amide bonds. The number of aryl methyl sites for hydroxylation is 1. The van der Waals surface area contributed by atoms with Gasteiger partial charge in [0.2, 0.25) is 0 Å². The van der Waals surface area contributed by atoms with Gasteiger partial charge in [-0.2, -0.15) is 5.10 Å². The van der Waals surface area contributed by atoms with Crippen molar-refractivity contribution in [3.8, 4) is 0 Å². The minimum Gasteiger partial charge on any atom is -0.294 e. The van der Waals surface area contributed by atoms with Crippen LogP contribution in [0.2, 0.25) is 0 Å². The monoisotopic (exact) mass is 150 g/mol. The van der Waals surface area contributed by atoms with Crippen molar-refractivity contribution in [2.24, 2.45) is 7.05 Å². The maximum absolute atomic E-state index is 5.58. The number of aromatic nitrogens is 2. The van der Waals surface area contributed by atoms with Crippen LogP contribution in [0.25, 0.3) is 0 Å². The van der Waals surface area contributed by atoms with E-state index in [0.29, 0.717) is 5.59 Å². The van der Waals surface area contributed by atoms with Crippen LogP contribution < -0.4 is 16.0 Å². The highest BCUT2D eigenvalue weighted by molar-refractivity contribution is 6.31. The Kier molecular flexibility index (Phi) is 2.19. The number of nitrogens with one attached hydrogen (secondary N) is 1. The third-order valence-electron chi connectivity index (χ3n) is 1.58. The molecule has 0 spiro atoms. The summed E-state index contributed by atoms with van der Waals surface area (Å²) in [7, 11) is 11.1. The summed E-state index contributed by atoms with van der Waals surface area (Å²) >= 11 is 0. The van der Waals surface area contributed by atoms with Crippen molar-refractivity contribution in [3.05, 3.63) is 6.07 Å². The second kappa shape index (κ2) is 2.96. The molecule has 0 aliphatic rings. The van der Waals surface area contributed by atoms with Crippen LogP contribution in [-0.4, -0.2) is 31.7 Å². The number of nitrogens with zero attached hydrogens (tertiary/aromatic N) is 3. The van der Waals surface area contributed by atoms with E-state index in [1.54, 1.807) is 15.8 Å². The molecule has 0 fully saturated rings. The smallest absolute Gasteiger partial charge is 0.163 e. The maximum atomic E-state index is 5.58. The van der Waals surface area contributed by atoms with E-state index in [-0.39, 0.29) is 0 Å². The number of hydrogen-bond donors (Lipinski definition) is 1. The topological polar surface area (TPSA) is 33.1 Å². The van der Waals surface area contributed by atoms with Crippen LogP contribution >= 0.6 is 0 Å². The van der Waals surface area contributed by atoms with Crippen LogP contribution in [0.5, 0.6) is 0 Å². The van der Waals surface area contributed by atoms with Gasteiger partial charge in [-0.3, -0.25) is 9.69 Å². The van der Waals surface area contributed by atoms with Crippen LogP contribution in [0.15, 0.2) is 6.07 Å². The van der Waals surface area contributed by atoms with Gasteiger partial charge in [0.1, 0.15) is 7.85 Å². The minimum atomic E-state index is 0.655. The molecule has 0 aromatic carbocycles. The molecular formula is C6H11BN4. The third-order valence-corrected chi connectivity index (χ3v) is 1.58. The Morgan fingerprint density at radius 3 is 2.73 bits per heavy atom. The molecule has 4 nitrogen and oxygen atoms in total. The molecule has 0 aliphatic heterocycles. The van der Waals surface area contributed by atoms with Crippen LogP contribution in [0.4, 0.5) is 5.82 Å². The molecule has 0 unspecified atom stereocenters. The Labute approximate surface area is 67.6 Å². The summed E-state index contributed by atoms with van der Waals surface area (Å²) in [6.07, 6.45) is 0.